The number of carbonyl (C=O) groups is 2. The number of amides is 1. The Balaban J connectivity index is 1.37. The molecule has 1 saturated carbocycles. The van der Waals surface area contributed by atoms with Crippen LogP contribution in [0.15, 0.2) is 54.6 Å². The number of hydrogen-bond donors (Lipinski definition) is 2. The molecule has 2 fully saturated rings. The number of aliphatic carboxylic acids is 1. The van der Waals surface area contributed by atoms with Crippen molar-refractivity contribution < 1.29 is 19.8 Å². The maximum Gasteiger partial charge on any atom is 0.408 e. The molecular formula is C28H36N2O4. The van der Waals surface area contributed by atoms with E-state index in [4.69, 9.17) is 0 Å². The molecule has 0 aromatic heterocycles. The van der Waals surface area contributed by atoms with Gasteiger partial charge in [-0.25, -0.2) is 9.59 Å². The fourth-order valence-corrected chi connectivity index (χ4v) is 6.17. The van der Waals surface area contributed by atoms with Crippen LogP contribution in [-0.4, -0.2) is 58.8 Å². The molecule has 1 aliphatic carbocycles. The summed E-state index contributed by atoms with van der Waals surface area (Å²) in [5, 5.41) is 18.7. The van der Waals surface area contributed by atoms with E-state index in [-0.39, 0.29) is 18.0 Å². The summed E-state index contributed by atoms with van der Waals surface area (Å²) in [6.45, 7) is 0.283. The van der Waals surface area contributed by atoms with E-state index in [1.807, 2.05) is 0 Å². The molecule has 0 unspecified atom stereocenters. The highest BCUT2D eigenvalue weighted by atomic mass is 16.4. The van der Waals surface area contributed by atoms with Gasteiger partial charge in [0.1, 0.15) is 6.04 Å². The van der Waals surface area contributed by atoms with Crippen LogP contribution in [-0.2, 0) is 23.2 Å². The van der Waals surface area contributed by atoms with Crippen molar-refractivity contribution in [2.45, 2.75) is 56.5 Å². The lowest BCUT2D eigenvalue weighted by molar-refractivity contribution is -0.141. The molecule has 0 bridgehead atoms. The fourth-order valence-electron chi connectivity index (χ4n) is 6.17. The third kappa shape index (κ3) is 5.12. The smallest absolute Gasteiger partial charge is 0.408 e. The van der Waals surface area contributed by atoms with Gasteiger partial charge in [0, 0.05) is 12.1 Å². The van der Waals surface area contributed by atoms with Crippen molar-refractivity contribution in [2.75, 3.05) is 20.6 Å². The molecule has 0 radical (unpaired) electrons. The van der Waals surface area contributed by atoms with Crippen LogP contribution in [0.25, 0.3) is 0 Å². The largest absolute Gasteiger partial charge is 0.480 e. The van der Waals surface area contributed by atoms with E-state index in [0.717, 1.165) is 24.2 Å². The second-order valence-electron chi connectivity index (χ2n) is 10.4. The SMILES string of the molecule is CN(C)C1(c2ccccc2)CCC(Cc2cccc(C[C@H]3C[C@@H](C(=O)O)N(C(=O)O)C3)c2)CC1. The summed E-state index contributed by atoms with van der Waals surface area (Å²) in [6.07, 6.45) is 5.67. The number of benzene rings is 2. The van der Waals surface area contributed by atoms with Crippen LogP contribution >= 0.6 is 0 Å². The summed E-state index contributed by atoms with van der Waals surface area (Å²) in [7, 11) is 4.39. The average molecular weight is 465 g/mol. The van der Waals surface area contributed by atoms with Crippen molar-refractivity contribution >= 4 is 12.1 Å². The molecule has 6 nitrogen and oxygen atoms in total. The quantitative estimate of drug-likeness (QED) is 0.611. The van der Waals surface area contributed by atoms with Crippen LogP contribution in [0.4, 0.5) is 4.79 Å². The summed E-state index contributed by atoms with van der Waals surface area (Å²) in [5.41, 5.74) is 4.01. The molecule has 2 aliphatic rings. The van der Waals surface area contributed by atoms with Gasteiger partial charge in [0.15, 0.2) is 0 Å². The number of carboxylic acids is 1. The zero-order chi connectivity index (χ0) is 24.3. The van der Waals surface area contributed by atoms with Gasteiger partial charge < -0.3 is 10.2 Å². The summed E-state index contributed by atoms with van der Waals surface area (Å²) >= 11 is 0. The molecule has 1 amide bonds. The van der Waals surface area contributed by atoms with E-state index in [1.165, 1.54) is 29.5 Å². The predicted octanol–water partition coefficient (Wildman–Crippen LogP) is 4.87. The van der Waals surface area contributed by atoms with Gasteiger partial charge in [-0.1, -0.05) is 54.6 Å². The Morgan fingerprint density at radius 1 is 0.941 bits per heavy atom. The highest BCUT2D eigenvalue weighted by Gasteiger charge is 2.40. The molecule has 2 N–H and O–H groups in total. The summed E-state index contributed by atoms with van der Waals surface area (Å²) in [5.74, 6) is -0.369. The zero-order valence-corrected chi connectivity index (χ0v) is 20.2. The van der Waals surface area contributed by atoms with Crippen LogP contribution in [0.3, 0.4) is 0 Å². The van der Waals surface area contributed by atoms with Crippen LogP contribution in [0.2, 0.25) is 0 Å². The van der Waals surface area contributed by atoms with E-state index in [0.29, 0.717) is 18.8 Å². The minimum absolute atomic E-state index is 0.0358. The monoisotopic (exact) mass is 464 g/mol. The first-order chi connectivity index (χ1) is 16.3. The minimum atomic E-state index is -1.15. The first kappa shape index (κ1) is 24.3. The van der Waals surface area contributed by atoms with Crippen LogP contribution in [0.1, 0.15) is 48.8 Å². The summed E-state index contributed by atoms with van der Waals surface area (Å²) in [6, 6.07) is 18.5. The molecule has 34 heavy (non-hydrogen) atoms. The minimum Gasteiger partial charge on any atom is -0.480 e. The molecule has 2 atom stereocenters. The lowest BCUT2D eigenvalue weighted by Gasteiger charge is -2.45. The summed E-state index contributed by atoms with van der Waals surface area (Å²) in [4.78, 5) is 26.4. The van der Waals surface area contributed by atoms with Gasteiger partial charge in [-0.3, -0.25) is 9.80 Å². The van der Waals surface area contributed by atoms with E-state index < -0.39 is 18.1 Å². The number of carboxylic acid groups (broad SMARTS) is 2. The Kier molecular flexibility index (Phi) is 7.27. The molecule has 0 spiro atoms. The van der Waals surface area contributed by atoms with Crippen molar-refractivity contribution in [3.63, 3.8) is 0 Å². The Morgan fingerprint density at radius 2 is 1.56 bits per heavy atom. The molecule has 2 aromatic carbocycles. The molecule has 1 aliphatic heterocycles. The van der Waals surface area contributed by atoms with Gasteiger partial charge in [0.25, 0.3) is 0 Å². The maximum atomic E-state index is 11.5. The molecule has 1 heterocycles. The van der Waals surface area contributed by atoms with E-state index in [9.17, 15) is 19.8 Å². The Labute approximate surface area is 202 Å². The molecule has 6 heteroatoms. The lowest BCUT2D eigenvalue weighted by atomic mass is 9.70. The van der Waals surface area contributed by atoms with Crippen LogP contribution in [0.5, 0.6) is 0 Å². The normalized spacial score (nSPS) is 27.1. The van der Waals surface area contributed by atoms with E-state index in [1.54, 1.807) is 0 Å². The van der Waals surface area contributed by atoms with Crippen molar-refractivity contribution in [3.8, 4) is 0 Å². The number of nitrogens with zero attached hydrogens (tertiary/aromatic N) is 2. The van der Waals surface area contributed by atoms with Gasteiger partial charge >= 0.3 is 12.1 Å². The lowest BCUT2D eigenvalue weighted by Crippen LogP contribution is -2.44. The van der Waals surface area contributed by atoms with Crippen molar-refractivity contribution in [1.82, 2.24) is 9.80 Å². The molecule has 182 valence electrons. The Hall–Kier alpha value is -2.86. The maximum absolute atomic E-state index is 11.5. The standard InChI is InChI=1S/C28H36N2O4/c1-29(2)28(24-9-4-3-5-10-24)13-11-20(12-14-28)15-21-7-6-8-22(16-21)17-23-18-25(26(31)32)30(19-23)27(33)34/h3-10,16,20,23,25H,11-15,17-19H2,1-2H3,(H,31,32)(H,33,34)/t20?,23-,25-,28?/m0/s1. The molecular weight excluding hydrogens is 428 g/mol. The molecule has 4 rings (SSSR count). The highest BCUT2D eigenvalue weighted by molar-refractivity contribution is 5.80. The average Bonchev–Trinajstić information content (AvgIpc) is 3.25. The predicted molar refractivity (Wildman–Crippen MR) is 132 cm³/mol. The van der Waals surface area contributed by atoms with Crippen molar-refractivity contribution in [2.24, 2.45) is 11.8 Å². The van der Waals surface area contributed by atoms with Gasteiger partial charge in [-0.05, 0) is 87.6 Å². The number of likely N-dealkylation sites (tertiary alicyclic amines) is 1. The topological polar surface area (TPSA) is 81.1 Å². The number of rotatable bonds is 7. The first-order valence-corrected chi connectivity index (χ1v) is 12.3. The van der Waals surface area contributed by atoms with Crippen LogP contribution in [0, 0.1) is 11.8 Å². The van der Waals surface area contributed by atoms with Gasteiger partial charge in [0.2, 0.25) is 0 Å². The van der Waals surface area contributed by atoms with Crippen molar-refractivity contribution in [3.05, 3.63) is 71.3 Å². The summed E-state index contributed by atoms with van der Waals surface area (Å²) < 4.78 is 0. The van der Waals surface area contributed by atoms with Gasteiger partial charge in [-0.15, -0.1) is 0 Å². The fraction of sp³-hybridized carbons (Fsp3) is 0.500. The van der Waals surface area contributed by atoms with E-state index >= 15 is 0 Å². The van der Waals surface area contributed by atoms with E-state index in [2.05, 4.69) is 73.6 Å². The second-order valence-corrected chi connectivity index (χ2v) is 10.4. The third-order valence-corrected chi connectivity index (χ3v) is 8.06. The third-order valence-electron chi connectivity index (χ3n) is 8.06. The number of hydrogen-bond acceptors (Lipinski definition) is 3. The highest BCUT2D eigenvalue weighted by Crippen LogP contribution is 2.43. The molecule has 1 saturated heterocycles. The first-order valence-electron chi connectivity index (χ1n) is 12.3. The Morgan fingerprint density at radius 3 is 2.09 bits per heavy atom. The van der Waals surface area contributed by atoms with Gasteiger partial charge in [0.05, 0.1) is 0 Å². The molecule has 2 aromatic rings. The Bertz CT molecular complexity index is 976. The van der Waals surface area contributed by atoms with Gasteiger partial charge in [-0.2, -0.15) is 0 Å². The second kappa shape index (κ2) is 10.2. The van der Waals surface area contributed by atoms with Crippen molar-refractivity contribution in [1.29, 1.82) is 0 Å². The van der Waals surface area contributed by atoms with Crippen LogP contribution < -0.4 is 0 Å². The zero-order valence-electron chi connectivity index (χ0n) is 20.2.